The van der Waals surface area contributed by atoms with Gasteiger partial charge in [0, 0.05) is 49.3 Å². The predicted octanol–water partition coefficient (Wildman–Crippen LogP) is 2.93. The van der Waals surface area contributed by atoms with Gasteiger partial charge in [0.1, 0.15) is 29.3 Å². The fourth-order valence-electron chi connectivity index (χ4n) is 5.21. The number of carbonyl (C=O) groups excluding carboxylic acids is 1. The number of carbonyl (C=O) groups is 3. The summed E-state index contributed by atoms with van der Waals surface area (Å²) in [5, 5.41) is 27.2. The number of hydrogen-bond acceptors (Lipinski definition) is 10. The van der Waals surface area contributed by atoms with Crippen molar-refractivity contribution in [1.29, 1.82) is 0 Å². The third-order valence-electron chi connectivity index (χ3n) is 7.45. The van der Waals surface area contributed by atoms with Crippen LogP contribution in [0.4, 0.5) is 22.2 Å². The molecule has 41 heavy (non-hydrogen) atoms. The molecular formula is C28H39N7O6. The molecule has 2 unspecified atom stereocenters. The zero-order valence-electron chi connectivity index (χ0n) is 23.8. The molecule has 13 nitrogen and oxygen atoms in total. The van der Waals surface area contributed by atoms with Crippen molar-refractivity contribution in [3.05, 3.63) is 34.8 Å². The van der Waals surface area contributed by atoms with Crippen molar-refractivity contribution in [2.45, 2.75) is 64.8 Å². The first-order valence-electron chi connectivity index (χ1n) is 14.1. The van der Waals surface area contributed by atoms with E-state index in [9.17, 15) is 19.5 Å². The number of carboxylic acids is 2. The minimum Gasteiger partial charge on any atom is -0.481 e. The van der Waals surface area contributed by atoms with E-state index in [1.54, 1.807) is 13.8 Å². The molecule has 0 radical (unpaired) electrons. The second-order valence-electron chi connectivity index (χ2n) is 10.8. The van der Waals surface area contributed by atoms with Gasteiger partial charge in [-0.2, -0.15) is 0 Å². The number of amides is 1. The molecule has 0 aromatic carbocycles. The monoisotopic (exact) mass is 569 g/mol. The Bertz CT molecular complexity index is 1260. The molecule has 0 spiro atoms. The quantitative estimate of drug-likeness (QED) is 0.267. The number of aliphatic carboxylic acids is 2. The Morgan fingerprint density at radius 2 is 1.90 bits per heavy atom. The van der Waals surface area contributed by atoms with E-state index >= 15 is 0 Å². The molecular weight excluding hydrogens is 530 g/mol. The summed E-state index contributed by atoms with van der Waals surface area (Å²) in [6.45, 7) is 7.60. The number of ether oxygens (including phenoxy) is 1. The van der Waals surface area contributed by atoms with Crippen LogP contribution in [0.2, 0.25) is 0 Å². The summed E-state index contributed by atoms with van der Waals surface area (Å²) in [7, 11) is 0. The number of aromatic nitrogens is 3. The fraction of sp³-hybridized carbons (Fsp3) is 0.571. The lowest BCUT2D eigenvalue weighted by atomic mass is 9.92. The molecule has 2 aliphatic rings. The normalized spacial score (nSPS) is 16.6. The van der Waals surface area contributed by atoms with E-state index in [2.05, 4.69) is 43.0 Å². The number of anilines is 3. The molecule has 4 rings (SSSR count). The van der Waals surface area contributed by atoms with Gasteiger partial charge in [0.2, 0.25) is 0 Å². The van der Waals surface area contributed by atoms with Crippen LogP contribution in [0.25, 0.3) is 0 Å². The van der Waals surface area contributed by atoms with Crippen molar-refractivity contribution in [1.82, 2.24) is 20.3 Å². The maximum Gasteiger partial charge on any atom is 0.407 e. The van der Waals surface area contributed by atoms with Crippen LogP contribution in [0.1, 0.15) is 61.2 Å². The van der Waals surface area contributed by atoms with Crippen LogP contribution >= 0.6 is 0 Å². The number of aryl methyl sites for hydroxylation is 2. The van der Waals surface area contributed by atoms with Crippen molar-refractivity contribution >= 4 is 35.5 Å². The lowest BCUT2D eigenvalue weighted by Crippen LogP contribution is -2.46. The summed E-state index contributed by atoms with van der Waals surface area (Å²) < 4.78 is 5.00. The van der Waals surface area contributed by atoms with Crippen LogP contribution in [-0.2, 0) is 20.7 Å². The van der Waals surface area contributed by atoms with Gasteiger partial charge in [0.05, 0.1) is 13.0 Å². The van der Waals surface area contributed by atoms with Crippen LogP contribution < -0.4 is 20.9 Å². The highest BCUT2D eigenvalue weighted by Gasteiger charge is 2.27. The van der Waals surface area contributed by atoms with E-state index in [0.717, 1.165) is 68.2 Å². The number of rotatable bonds is 11. The molecule has 1 saturated heterocycles. The highest BCUT2D eigenvalue weighted by Crippen LogP contribution is 2.33. The lowest BCUT2D eigenvalue weighted by molar-refractivity contribution is -0.139. The van der Waals surface area contributed by atoms with Gasteiger partial charge in [-0.25, -0.2) is 24.5 Å². The third kappa shape index (κ3) is 7.95. The summed E-state index contributed by atoms with van der Waals surface area (Å²) in [5.74, 6) is 0.575. The van der Waals surface area contributed by atoms with Gasteiger partial charge in [-0.05, 0) is 51.2 Å². The van der Waals surface area contributed by atoms with Gasteiger partial charge in [-0.15, -0.1) is 0 Å². The average molecular weight is 570 g/mol. The second-order valence-corrected chi connectivity index (χ2v) is 10.8. The summed E-state index contributed by atoms with van der Waals surface area (Å²) in [6.07, 6.45) is 2.99. The molecule has 2 aliphatic heterocycles. The first-order chi connectivity index (χ1) is 19.6. The van der Waals surface area contributed by atoms with E-state index in [-0.39, 0.29) is 19.6 Å². The minimum absolute atomic E-state index is 0.133. The van der Waals surface area contributed by atoms with Crippen molar-refractivity contribution in [2.75, 3.05) is 48.3 Å². The molecule has 222 valence electrons. The number of nitrogens with zero attached hydrogens (tertiary/aromatic N) is 4. The lowest BCUT2D eigenvalue weighted by Gasteiger charge is -2.34. The number of fused-ring (bicyclic) bond motifs is 1. The maximum atomic E-state index is 12.1. The van der Waals surface area contributed by atoms with E-state index in [4.69, 9.17) is 14.8 Å². The second kappa shape index (κ2) is 13.5. The fourth-order valence-corrected chi connectivity index (χ4v) is 5.21. The van der Waals surface area contributed by atoms with Gasteiger partial charge >= 0.3 is 18.0 Å². The summed E-state index contributed by atoms with van der Waals surface area (Å²) in [4.78, 5) is 51.0. The molecule has 4 heterocycles. The molecule has 0 bridgehead atoms. The smallest absolute Gasteiger partial charge is 0.407 e. The number of alkyl carbamates (subject to hydrolysis) is 1. The zero-order chi connectivity index (χ0) is 29.5. The predicted molar refractivity (Wildman–Crippen MR) is 153 cm³/mol. The minimum atomic E-state index is -1.29. The van der Waals surface area contributed by atoms with Crippen LogP contribution in [0.15, 0.2) is 12.1 Å². The van der Waals surface area contributed by atoms with Gasteiger partial charge in [-0.1, -0.05) is 13.0 Å². The Morgan fingerprint density at radius 3 is 2.61 bits per heavy atom. The molecule has 2 aromatic heterocycles. The third-order valence-corrected chi connectivity index (χ3v) is 7.45. The Hall–Kier alpha value is -4.16. The highest BCUT2D eigenvalue weighted by molar-refractivity contribution is 5.80. The van der Waals surface area contributed by atoms with Crippen LogP contribution in [0.5, 0.6) is 0 Å². The number of piperidine rings is 1. The highest BCUT2D eigenvalue weighted by atomic mass is 16.5. The molecule has 2 atom stereocenters. The SMILES string of the molecule is Cc1nc(NCC(NC(=O)OCC(C)CC(=O)O)C(=O)O)c(C)c(N2CCC(c3ccc4c(n3)NCCC4)CC2)n1. The standard InChI is InChI=1S/C28H39N7O6/c1-16(13-23(36)37)15-41-28(40)34-22(27(38)39)14-30-24-17(2)26(32-18(3)31-24)35-11-8-19(9-12-35)21-7-6-20-5-4-10-29-25(20)33-21/h6-7,16,19,22H,4-5,8-15H2,1-3H3,(H,29,33)(H,34,40)(H,36,37)(H,38,39)(H,30,31,32). The van der Waals surface area contributed by atoms with Crippen LogP contribution in [-0.4, -0.2) is 82.0 Å². The maximum absolute atomic E-state index is 12.1. The Morgan fingerprint density at radius 1 is 1.15 bits per heavy atom. The molecule has 5 N–H and O–H groups in total. The van der Waals surface area contributed by atoms with E-state index < -0.39 is 30.0 Å². The Kier molecular flexibility index (Phi) is 9.79. The summed E-state index contributed by atoms with van der Waals surface area (Å²) in [5.41, 5.74) is 3.20. The van der Waals surface area contributed by atoms with Crippen molar-refractivity contribution < 1.29 is 29.3 Å². The molecule has 1 amide bonds. The number of pyridine rings is 1. The molecule has 1 fully saturated rings. The van der Waals surface area contributed by atoms with E-state index in [0.29, 0.717) is 17.6 Å². The van der Waals surface area contributed by atoms with Crippen molar-refractivity contribution in [3.8, 4) is 0 Å². The van der Waals surface area contributed by atoms with Gasteiger partial charge in [0.15, 0.2) is 0 Å². The molecule has 0 aliphatic carbocycles. The number of carboxylic acid groups (broad SMARTS) is 2. The summed E-state index contributed by atoms with van der Waals surface area (Å²) >= 11 is 0. The number of nitrogens with one attached hydrogen (secondary N) is 3. The zero-order valence-corrected chi connectivity index (χ0v) is 23.8. The first kappa shape index (κ1) is 29.8. The molecule has 2 aromatic rings. The van der Waals surface area contributed by atoms with Gasteiger partial charge in [0.25, 0.3) is 0 Å². The van der Waals surface area contributed by atoms with E-state index in [1.807, 2.05) is 6.92 Å². The Labute approximate surface area is 239 Å². The summed E-state index contributed by atoms with van der Waals surface area (Å²) in [6, 6.07) is 3.07. The van der Waals surface area contributed by atoms with Gasteiger partial charge < -0.3 is 35.8 Å². The molecule has 0 saturated carbocycles. The van der Waals surface area contributed by atoms with Crippen molar-refractivity contribution in [2.24, 2.45) is 5.92 Å². The first-order valence-corrected chi connectivity index (χ1v) is 14.1. The van der Waals surface area contributed by atoms with Crippen molar-refractivity contribution in [3.63, 3.8) is 0 Å². The Balaban J connectivity index is 1.35. The van der Waals surface area contributed by atoms with Crippen LogP contribution in [0.3, 0.4) is 0 Å². The average Bonchev–Trinajstić information content (AvgIpc) is 2.95. The van der Waals surface area contributed by atoms with Gasteiger partial charge in [-0.3, -0.25) is 4.79 Å². The van der Waals surface area contributed by atoms with Crippen LogP contribution in [0, 0.1) is 19.8 Å². The number of hydrogen-bond donors (Lipinski definition) is 5. The molecule has 13 heteroatoms. The largest absolute Gasteiger partial charge is 0.481 e. The van der Waals surface area contributed by atoms with E-state index in [1.165, 1.54) is 5.56 Å². The topological polar surface area (TPSA) is 179 Å².